The highest BCUT2D eigenvalue weighted by molar-refractivity contribution is 6.01. The lowest BCUT2D eigenvalue weighted by atomic mass is 10.2. The number of amides is 1. The Labute approximate surface area is 141 Å². The van der Waals surface area contributed by atoms with Crippen molar-refractivity contribution in [2.75, 3.05) is 26.5 Å². The second-order valence-corrected chi connectivity index (χ2v) is 5.65. The molecule has 0 saturated heterocycles. The molecule has 0 atom stereocenters. The van der Waals surface area contributed by atoms with Gasteiger partial charge in [-0.3, -0.25) is 4.79 Å². The highest BCUT2D eigenvalue weighted by atomic mass is 19.1. The van der Waals surface area contributed by atoms with Crippen molar-refractivity contribution in [3.8, 4) is 5.75 Å². The third-order valence-corrected chi connectivity index (χ3v) is 3.30. The topological polar surface area (TPSA) is 41.6 Å². The molecule has 0 bridgehead atoms. The largest absolute Gasteiger partial charge is 0.494 e. The molecule has 24 heavy (non-hydrogen) atoms. The number of benzene rings is 2. The minimum atomic E-state index is -0.462. The molecule has 2 rings (SSSR count). The van der Waals surface area contributed by atoms with Crippen molar-refractivity contribution in [2.45, 2.75) is 6.54 Å². The molecule has 0 aliphatic rings. The number of hydrogen-bond donors (Lipinski definition) is 1. The van der Waals surface area contributed by atoms with Crippen LogP contribution in [0.5, 0.6) is 5.75 Å². The maximum atomic E-state index is 13.6. The standard InChI is InChI=1S/C19H21FN2O2/c1-22(2)13-15-5-4-6-16(11-15)21-19(23)10-8-14-7-9-18(24-3)17(20)12-14/h4-12H,13H2,1-3H3,(H,21,23)/b10-8+. The first-order valence-electron chi connectivity index (χ1n) is 7.54. The molecule has 0 radical (unpaired) electrons. The molecule has 2 aromatic carbocycles. The number of methoxy groups -OCH3 is 1. The Morgan fingerprint density at radius 1 is 1.25 bits per heavy atom. The lowest BCUT2D eigenvalue weighted by Crippen LogP contribution is -2.12. The normalized spacial score (nSPS) is 11.0. The third-order valence-electron chi connectivity index (χ3n) is 3.30. The zero-order valence-electron chi connectivity index (χ0n) is 14.0. The molecule has 1 N–H and O–H groups in total. The second kappa shape index (κ2) is 8.26. The number of carbonyl (C=O) groups excluding carboxylic acids is 1. The summed E-state index contributed by atoms with van der Waals surface area (Å²) < 4.78 is 18.5. The number of ether oxygens (including phenoxy) is 1. The molecule has 0 fully saturated rings. The van der Waals surface area contributed by atoms with Gasteiger partial charge in [-0.25, -0.2) is 4.39 Å². The molecule has 0 aliphatic heterocycles. The van der Waals surface area contributed by atoms with Crippen molar-refractivity contribution in [2.24, 2.45) is 0 Å². The van der Waals surface area contributed by atoms with Crippen molar-refractivity contribution in [3.05, 3.63) is 65.5 Å². The van der Waals surface area contributed by atoms with Gasteiger partial charge in [0.05, 0.1) is 7.11 Å². The Balaban J connectivity index is 2.01. The molecule has 126 valence electrons. The minimum absolute atomic E-state index is 0.175. The average molecular weight is 328 g/mol. The van der Waals surface area contributed by atoms with E-state index < -0.39 is 5.82 Å². The Kier molecular flexibility index (Phi) is 6.09. The molecule has 0 heterocycles. The van der Waals surface area contributed by atoms with Crippen molar-refractivity contribution in [1.82, 2.24) is 4.90 Å². The Hall–Kier alpha value is -2.66. The monoisotopic (exact) mass is 328 g/mol. The molecule has 4 nitrogen and oxygen atoms in total. The summed E-state index contributed by atoms with van der Waals surface area (Å²) >= 11 is 0. The third kappa shape index (κ3) is 5.21. The second-order valence-electron chi connectivity index (χ2n) is 5.65. The van der Waals surface area contributed by atoms with Crippen molar-refractivity contribution < 1.29 is 13.9 Å². The van der Waals surface area contributed by atoms with Crippen molar-refractivity contribution in [3.63, 3.8) is 0 Å². The summed E-state index contributed by atoms with van der Waals surface area (Å²) in [5, 5.41) is 2.80. The molecule has 0 aromatic heterocycles. The van der Waals surface area contributed by atoms with E-state index in [2.05, 4.69) is 10.2 Å². The molecule has 0 aliphatic carbocycles. The van der Waals surface area contributed by atoms with Crippen LogP contribution in [-0.2, 0) is 11.3 Å². The molecular weight excluding hydrogens is 307 g/mol. The molecule has 5 heteroatoms. The van der Waals surface area contributed by atoms with E-state index in [1.54, 1.807) is 12.1 Å². The van der Waals surface area contributed by atoms with Gasteiger partial charge in [-0.2, -0.15) is 0 Å². The van der Waals surface area contributed by atoms with Crippen LogP contribution in [0, 0.1) is 5.82 Å². The van der Waals surface area contributed by atoms with Gasteiger partial charge in [-0.1, -0.05) is 18.2 Å². The van der Waals surface area contributed by atoms with E-state index in [0.717, 1.165) is 17.8 Å². The van der Waals surface area contributed by atoms with Crippen LogP contribution in [0.15, 0.2) is 48.5 Å². The predicted octanol–water partition coefficient (Wildman–Crippen LogP) is 3.55. The highest BCUT2D eigenvalue weighted by Gasteiger charge is 2.03. The van der Waals surface area contributed by atoms with Crippen LogP contribution in [-0.4, -0.2) is 32.0 Å². The summed E-state index contributed by atoms with van der Waals surface area (Å²) in [5.74, 6) is -0.556. The van der Waals surface area contributed by atoms with Gasteiger partial charge in [-0.05, 0) is 55.6 Å². The first-order valence-corrected chi connectivity index (χ1v) is 7.54. The van der Waals surface area contributed by atoms with Crippen LogP contribution in [0.4, 0.5) is 10.1 Å². The Morgan fingerprint density at radius 3 is 2.71 bits per heavy atom. The zero-order chi connectivity index (χ0) is 17.5. The molecule has 0 spiro atoms. The fourth-order valence-corrected chi connectivity index (χ4v) is 2.25. The van der Waals surface area contributed by atoms with E-state index in [-0.39, 0.29) is 11.7 Å². The van der Waals surface area contributed by atoms with E-state index in [0.29, 0.717) is 5.56 Å². The van der Waals surface area contributed by atoms with Gasteiger partial charge >= 0.3 is 0 Å². The number of halogens is 1. The van der Waals surface area contributed by atoms with Gasteiger partial charge in [0.2, 0.25) is 5.91 Å². The fraction of sp³-hybridized carbons (Fsp3) is 0.211. The summed E-state index contributed by atoms with van der Waals surface area (Å²) in [6.07, 6.45) is 2.93. The first-order chi connectivity index (χ1) is 11.5. The van der Waals surface area contributed by atoms with Crippen LogP contribution in [0.2, 0.25) is 0 Å². The van der Waals surface area contributed by atoms with E-state index in [9.17, 15) is 9.18 Å². The van der Waals surface area contributed by atoms with Crippen LogP contribution < -0.4 is 10.1 Å². The fourth-order valence-electron chi connectivity index (χ4n) is 2.25. The van der Waals surface area contributed by atoms with Gasteiger partial charge in [-0.15, -0.1) is 0 Å². The Morgan fingerprint density at radius 2 is 2.04 bits per heavy atom. The van der Waals surface area contributed by atoms with Gasteiger partial charge in [0.25, 0.3) is 0 Å². The molecule has 0 unspecified atom stereocenters. The van der Waals surface area contributed by atoms with E-state index in [1.165, 1.54) is 25.3 Å². The van der Waals surface area contributed by atoms with E-state index in [1.807, 2.05) is 38.4 Å². The molecule has 2 aromatic rings. The molecule has 0 saturated carbocycles. The number of nitrogens with one attached hydrogen (secondary N) is 1. The summed E-state index contributed by atoms with van der Waals surface area (Å²) in [4.78, 5) is 14.1. The van der Waals surface area contributed by atoms with Gasteiger partial charge in [0.1, 0.15) is 0 Å². The average Bonchev–Trinajstić information content (AvgIpc) is 2.53. The summed E-state index contributed by atoms with van der Waals surface area (Å²) in [6, 6.07) is 12.2. The molecular formula is C19H21FN2O2. The Bertz CT molecular complexity index is 742. The van der Waals surface area contributed by atoms with Gasteiger partial charge < -0.3 is 15.0 Å². The smallest absolute Gasteiger partial charge is 0.248 e. The molecule has 1 amide bonds. The maximum Gasteiger partial charge on any atom is 0.248 e. The lowest BCUT2D eigenvalue weighted by Gasteiger charge is -2.11. The summed E-state index contributed by atoms with van der Waals surface area (Å²) in [7, 11) is 5.38. The van der Waals surface area contributed by atoms with Crippen molar-refractivity contribution >= 4 is 17.7 Å². The van der Waals surface area contributed by atoms with Gasteiger partial charge in [0.15, 0.2) is 11.6 Å². The lowest BCUT2D eigenvalue weighted by molar-refractivity contribution is -0.111. The van der Waals surface area contributed by atoms with Crippen LogP contribution in [0.1, 0.15) is 11.1 Å². The maximum absolute atomic E-state index is 13.6. The summed E-state index contributed by atoms with van der Waals surface area (Å²) in [5.41, 5.74) is 2.42. The number of nitrogens with zero attached hydrogens (tertiary/aromatic N) is 1. The quantitative estimate of drug-likeness (QED) is 0.825. The van der Waals surface area contributed by atoms with Crippen LogP contribution >= 0.6 is 0 Å². The SMILES string of the molecule is COc1ccc(/C=C/C(=O)Nc2cccc(CN(C)C)c2)cc1F. The number of rotatable bonds is 6. The predicted molar refractivity (Wildman–Crippen MR) is 94.4 cm³/mol. The first kappa shape index (κ1) is 17.7. The van der Waals surface area contributed by atoms with Crippen LogP contribution in [0.3, 0.4) is 0 Å². The highest BCUT2D eigenvalue weighted by Crippen LogP contribution is 2.18. The summed E-state index contributed by atoms with van der Waals surface area (Å²) in [6.45, 7) is 0.796. The number of hydrogen-bond acceptors (Lipinski definition) is 3. The van der Waals surface area contributed by atoms with E-state index >= 15 is 0 Å². The number of anilines is 1. The number of carbonyl (C=O) groups is 1. The van der Waals surface area contributed by atoms with E-state index in [4.69, 9.17) is 4.74 Å². The van der Waals surface area contributed by atoms with Gasteiger partial charge in [0, 0.05) is 18.3 Å². The van der Waals surface area contributed by atoms with Crippen molar-refractivity contribution in [1.29, 1.82) is 0 Å². The van der Waals surface area contributed by atoms with Crippen LogP contribution in [0.25, 0.3) is 6.08 Å². The minimum Gasteiger partial charge on any atom is -0.494 e. The zero-order valence-corrected chi connectivity index (χ0v) is 14.0.